The van der Waals surface area contributed by atoms with Gasteiger partial charge in [0.2, 0.25) is 5.91 Å². The lowest BCUT2D eigenvalue weighted by molar-refractivity contribution is -0.134. The van der Waals surface area contributed by atoms with Crippen molar-refractivity contribution in [3.05, 3.63) is 18.0 Å². The summed E-state index contributed by atoms with van der Waals surface area (Å²) in [6.07, 6.45) is 10.4. The number of nitrogens with zero attached hydrogens (tertiary/aromatic N) is 5. The monoisotopic (exact) mass is 428 g/mol. The van der Waals surface area contributed by atoms with Crippen molar-refractivity contribution in [1.29, 1.82) is 0 Å². The van der Waals surface area contributed by atoms with Crippen molar-refractivity contribution >= 4 is 5.91 Å². The molecule has 1 aromatic rings. The van der Waals surface area contributed by atoms with Crippen molar-refractivity contribution in [3.63, 3.8) is 0 Å². The summed E-state index contributed by atoms with van der Waals surface area (Å²) in [6.45, 7) is 11.2. The van der Waals surface area contributed by atoms with Gasteiger partial charge in [-0.25, -0.2) is 0 Å². The van der Waals surface area contributed by atoms with Crippen molar-refractivity contribution in [2.75, 3.05) is 58.9 Å². The van der Waals surface area contributed by atoms with Crippen LogP contribution in [0.4, 0.5) is 0 Å². The first-order valence-electron chi connectivity index (χ1n) is 12.7. The molecule has 0 radical (unpaired) electrons. The van der Waals surface area contributed by atoms with E-state index >= 15 is 0 Å². The van der Waals surface area contributed by atoms with Crippen LogP contribution in [0.5, 0.6) is 0 Å². The molecule has 0 aromatic carbocycles. The first-order chi connectivity index (χ1) is 15.2. The molecule has 4 aliphatic heterocycles. The molecule has 172 valence electrons. The largest absolute Gasteiger partial charge is 0.338 e. The molecule has 1 aromatic heterocycles. The van der Waals surface area contributed by atoms with Crippen LogP contribution in [-0.2, 0) is 17.8 Å². The van der Waals surface area contributed by atoms with Gasteiger partial charge < -0.3 is 20.0 Å². The fourth-order valence-electron chi connectivity index (χ4n) is 6.24. The number of likely N-dealkylation sites (tertiary alicyclic amines) is 2. The van der Waals surface area contributed by atoms with Gasteiger partial charge in [-0.15, -0.1) is 0 Å². The summed E-state index contributed by atoms with van der Waals surface area (Å²) in [5, 5.41) is 7.80. The van der Waals surface area contributed by atoms with Gasteiger partial charge in [0.05, 0.1) is 0 Å². The number of rotatable bonds is 5. The van der Waals surface area contributed by atoms with E-state index in [0.717, 1.165) is 50.7 Å². The van der Waals surface area contributed by atoms with Crippen LogP contribution in [0.2, 0.25) is 0 Å². The van der Waals surface area contributed by atoms with Crippen LogP contribution in [-0.4, -0.2) is 95.3 Å². The summed E-state index contributed by atoms with van der Waals surface area (Å²) in [5.74, 6) is 2.03. The van der Waals surface area contributed by atoms with Crippen LogP contribution >= 0.6 is 0 Å². The maximum atomic E-state index is 12.8. The third-order valence-corrected chi connectivity index (χ3v) is 8.22. The molecule has 0 spiro atoms. The number of carbonyl (C=O) groups excluding carboxylic acids is 1. The predicted octanol–water partition coefficient (Wildman–Crippen LogP) is 1.44. The Morgan fingerprint density at radius 2 is 1.52 bits per heavy atom. The molecule has 3 fully saturated rings. The molecule has 0 bridgehead atoms. The molecule has 0 saturated carbocycles. The van der Waals surface area contributed by atoms with E-state index in [-0.39, 0.29) is 5.91 Å². The third kappa shape index (κ3) is 5.32. The highest BCUT2D eigenvalue weighted by Crippen LogP contribution is 2.25. The predicted molar refractivity (Wildman–Crippen MR) is 122 cm³/mol. The first-order valence-corrected chi connectivity index (χ1v) is 12.7. The summed E-state index contributed by atoms with van der Waals surface area (Å²) < 4.78 is 1.88. The van der Waals surface area contributed by atoms with E-state index in [9.17, 15) is 4.79 Å². The van der Waals surface area contributed by atoms with E-state index in [2.05, 4.69) is 31.2 Å². The normalized spacial score (nSPS) is 26.2. The second-order valence-corrected chi connectivity index (χ2v) is 10.3. The number of hydrogen-bond donors (Lipinski definition) is 1. The van der Waals surface area contributed by atoms with Crippen LogP contribution in [0.1, 0.15) is 44.2 Å². The highest BCUT2D eigenvalue weighted by atomic mass is 16.2. The Labute approximate surface area is 187 Å². The van der Waals surface area contributed by atoms with Crippen molar-refractivity contribution < 1.29 is 4.79 Å². The molecule has 1 N–H and O–H groups in total. The summed E-state index contributed by atoms with van der Waals surface area (Å²) >= 11 is 0. The van der Waals surface area contributed by atoms with Crippen LogP contribution in [0, 0.1) is 11.8 Å². The van der Waals surface area contributed by atoms with Gasteiger partial charge in [0.15, 0.2) is 0 Å². The van der Waals surface area contributed by atoms with E-state index in [0.29, 0.717) is 12.6 Å². The Morgan fingerprint density at radius 1 is 0.871 bits per heavy atom. The van der Waals surface area contributed by atoms with Crippen molar-refractivity contribution in [2.24, 2.45) is 11.8 Å². The minimum Gasteiger partial charge on any atom is -0.338 e. The Hall–Kier alpha value is -1.44. The van der Waals surface area contributed by atoms with E-state index < -0.39 is 0 Å². The van der Waals surface area contributed by atoms with E-state index in [4.69, 9.17) is 0 Å². The lowest BCUT2D eigenvalue weighted by Gasteiger charge is -2.41. The number of fused-ring (bicyclic) bond motifs is 1. The van der Waals surface area contributed by atoms with Crippen LogP contribution in [0.3, 0.4) is 0 Å². The quantitative estimate of drug-likeness (QED) is 0.769. The first kappa shape index (κ1) is 21.4. The molecule has 0 atom stereocenters. The van der Waals surface area contributed by atoms with Crippen molar-refractivity contribution in [1.82, 2.24) is 29.8 Å². The van der Waals surface area contributed by atoms with E-state index in [1.807, 2.05) is 10.9 Å². The summed E-state index contributed by atoms with van der Waals surface area (Å²) in [5.41, 5.74) is 1.19. The summed E-state index contributed by atoms with van der Waals surface area (Å²) in [4.78, 5) is 20.4. The van der Waals surface area contributed by atoms with Gasteiger partial charge in [-0.05, 0) is 82.6 Å². The Kier molecular flexibility index (Phi) is 6.91. The molecule has 1 amide bonds. The van der Waals surface area contributed by atoms with Crippen molar-refractivity contribution in [2.45, 2.75) is 57.5 Å². The highest BCUT2D eigenvalue weighted by Gasteiger charge is 2.31. The van der Waals surface area contributed by atoms with E-state index in [1.54, 1.807) is 0 Å². The lowest BCUT2D eigenvalue weighted by Crippen LogP contribution is -2.49. The molecule has 5 rings (SSSR count). The van der Waals surface area contributed by atoms with Gasteiger partial charge in [0.25, 0.3) is 0 Å². The standard InChI is InChI=1S/C24H40N6O/c31-24-19-30-23(3-11-26-30)8-16-29(24)22-6-14-28(15-7-22)18-21-4-12-27(13-5-21)17-20-1-9-25-10-2-20/h3,11,20-22,25H,1-2,4-10,12-19H2. The molecule has 0 aliphatic carbocycles. The maximum Gasteiger partial charge on any atom is 0.244 e. The van der Waals surface area contributed by atoms with Gasteiger partial charge in [0.1, 0.15) is 6.54 Å². The number of nitrogens with one attached hydrogen (secondary N) is 1. The third-order valence-electron chi connectivity index (χ3n) is 8.22. The SMILES string of the molecule is O=C1Cn2nccc2CCN1C1CCN(CC2CCN(CC3CCNCC3)CC2)CC1. The molecule has 7 heteroatoms. The Balaban J connectivity index is 1.03. The van der Waals surface area contributed by atoms with Crippen LogP contribution in [0.15, 0.2) is 12.3 Å². The van der Waals surface area contributed by atoms with Crippen LogP contribution in [0.25, 0.3) is 0 Å². The van der Waals surface area contributed by atoms with Gasteiger partial charge in [-0.2, -0.15) is 5.10 Å². The smallest absolute Gasteiger partial charge is 0.244 e. The molecule has 3 saturated heterocycles. The lowest BCUT2D eigenvalue weighted by atomic mass is 9.92. The van der Waals surface area contributed by atoms with E-state index in [1.165, 1.54) is 70.6 Å². The molecule has 4 aliphatic rings. The van der Waals surface area contributed by atoms with Gasteiger partial charge in [-0.1, -0.05) is 0 Å². The van der Waals surface area contributed by atoms with Crippen molar-refractivity contribution in [3.8, 4) is 0 Å². The number of piperidine rings is 3. The molecule has 7 nitrogen and oxygen atoms in total. The second-order valence-electron chi connectivity index (χ2n) is 10.3. The maximum absolute atomic E-state index is 12.8. The zero-order chi connectivity index (χ0) is 21.0. The zero-order valence-corrected chi connectivity index (χ0v) is 19.1. The number of hydrogen-bond acceptors (Lipinski definition) is 5. The summed E-state index contributed by atoms with van der Waals surface area (Å²) in [6, 6.07) is 2.47. The molecule has 0 unspecified atom stereocenters. The Morgan fingerprint density at radius 3 is 2.23 bits per heavy atom. The second kappa shape index (κ2) is 10.0. The fourth-order valence-corrected chi connectivity index (χ4v) is 6.24. The fraction of sp³-hybridized carbons (Fsp3) is 0.833. The molecule has 5 heterocycles. The minimum absolute atomic E-state index is 0.252. The van der Waals surface area contributed by atoms with Gasteiger partial charge >= 0.3 is 0 Å². The van der Waals surface area contributed by atoms with Gasteiger partial charge in [0, 0.05) is 57.1 Å². The number of aromatic nitrogens is 2. The topological polar surface area (TPSA) is 56.6 Å². The highest BCUT2D eigenvalue weighted by molar-refractivity contribution is 5.76. The number of carbonyl (C=O) groups is 1. The number of amides is 1. The zero-order valence-electron chi connectivity index (χ0n) is 19.1. The van der Waals surface area contributed by atoms with Gasteiger partial charge in [-0.3, -0.25) is 9.48 Å². The average Bonchev–Trinajstić information content (AvgIpc) is 3.17. The minimum atomic E-state index is 0.252. The summed E-state index contributed by atoms with van der Waals surface area (Å²) in [7, 11) is 0. The van der Waals surface area contributed by atoms with Crippen LogP contribution < -0.4 is 5.32 Å². The molecule has 31 heavy (non-hydrogen) atoms. The molecular formula is C24H40N6O. The Bertz CT molecular complexity index is 713. The molecular weight excluding hydrogens is 388 g/mol. The average molecular weight is 429 g/mol.